The fraction of sp³-hybridized carbons (Fsp3) is 0.125. The van der Waals surface area contributed by atoms with Crippen LogP contribution in [0.15, 0.2) is 48.8 Å². The lowest BCUT2D eigenvalue weighted by Crippen LogP contribution is -2.29. The number of benzene rings is 1. The Morgan fingerprint density at radius 1 is 1.22 bits per heavy atom. The zero-order valence-corrected chi connectivity index (χ0v) is 13.5. The van der Waals surface area contributed by atoms with Gasteiger partial charge in [0.05, 0.1) is 17.8 Å². The maximum absolute atomic E-state index is 12.2. The molecule has 0 saturated carbocycles. The molecule has 0 spiro atoms. The van der Waals surface area contributed by atoms with Crippen molar-refractivity contribution in [3.05, 3.63) is 64.5 Å². The number of fused-ring (bicyclic) bond motifs is 1. The highest BCUT2D eigenvalue weighted by molar-refractivity contribution is 6.42. The van der Waals surface area contributed by atoms with Crippen molar-refractivity contribution in [3.8, 4) is 5.75 Å². The van der Waals surface area contributed by atoms with Crippen molar-refractivity contribution in [3.63, 3.8) is 0 Å². The third-order valence-electron chi connectivity index (χ3n) is 3.21. The van der Waals surface area contributed by atoms with Crippen LogP contribution in [0.2, 0.25) is 10.0 Å². The molecule has 7 heteroatoms. The molecule has 0 bridgehead atoms. The number of ether oxygens (including phenoxy) is 1. The van der Waals surface area contributed by atoms with E-state index in [1.807, 2.05) is 18.2 Å². The molecule has 3 rings (SSSR count). The molecule has 3 aromatic rings. The predicted octanol–water partition coefficient (Wildman–Crippen LogP) is 3.45. The monoisotopic (exact) mass is 349 g/mol. The van der Waals surface area contributed by atoms with Crippen molar-refractivity contribution < 1.29 is 9.53 Å². The first kappa shape index (κ1) is 15.6. The molecule has 0 aliphatic heterocycles. The highest BCUT2D eigenvalue weighted by Gasteiger charge is 2.11. The van der Waals surface area contributed by atoms with Gasteiger partial charge >= 0.3 is 0 Å². The minimum absolute atomic E-state index is 0.218. The lowest BCUT2D eigenvalue weighted by Gasteiger charge is -2.09. The van der Waals surface area contributed by atoms with Gasteiger partial charge in [-0.2, -0.15) is 0 Å². The van der Waals surface area contributed by atoms with Crippen molar-refractivity contribution in [1.29, 1.82) is 0 Å². The van der Waals surface area contributed by atoms with Gasteiger partial charge in [-0.05, 0) is 24.3 Å². The molecule has 0 unspecified atom stereocenters. The molecule has 0 saturated heterocycles. The first-order valence-electron chi connectivity index (χ1n) is 6.94. The van der Waals surface area contributed by atoms with Crippen LogP contribution in [-0.4, -0.2) is 28.4 Å². The van der Waals surface area contributed by atoms with Crippen LogP contribution < -0.4 is 10.1 Å². The predicted molar refractivity (Wildman–Crippen MR) is 89.5 cm³/mol. The van der Waals surface area contributed by atoms with Gasteiger partial charge in [0, 0.05) is 6.20 Å². The van der Waals surface area contributed by atoms with Gasteiger partial charge in [0.25, 0.3) is 5.91 Å². The maximum Gasteiger partial charge on any atom is 0.270 e. The van der Waals surface area contributed by atoms with Crippen molar-refractivity contribution >= 4 is 34.8 Å². The SMILES string of the molecule is O=C(NCCOc1cccc(Cl)c1Cl)c1cnc2ccccn12. The summed E-state index contributed by atoms with van der Waals surface area (Å²) in [4.78, 5) is 16.4. The Balaban J connectivity index is 1.56. The van der Waals surface area contributed by atoms with Crippen LogP contribution in [0.5, 0.6) is 5.75 Å². The second kappa shape index (κ2) is 6.89. The summed E-state index contributed by atoms with van der Waals surface area (Å²) in [6.45, 7) is 0.615. The second-order valence-electron chi connectivity index (χ2n) is 4.73. The van der Waals surface area contributed by atoms with Gasteiger partial charge < -0.3 is 10.1 Å². The van der Waals surface area contributed by atoms with E-state index in [4.69, 9.17) is 27.9 Å². The minimum atomic E-state index is -0.218. The molecule has 118 valence electrons. The summed E-state index contributed by atoms with van der Waals surface area (Å²) >= 11 is 11.9. The number of pyridine rings is 1. The number of imidazole rings is 1. The van der Waals surface area contributed by atoms with E-state index in [0.29, 0.717) is 28.0 Å². The Labute approximate surface area is 142 Å². The molecular weight excluding hydrogens is 337 g/mol. The van der Waals surface area contributed by atoms with Crippen LogP contribution in [0, 0.1) is 0 Å². The van der Waals surface area contributed by atoms with Crippen LogP contribution in [-0.2, 0) is 0 Å². The van der Waals surface area contributed by atoms with Crippen molar-refractivity contribution in [2.24, 2.45) is 0 Å². The third-order valence-corrected chi connectivity index (χ3v) is 4.01. The molecule has 0 aliphatic carbocycles. The van der Waals surface area contributed by atoms with E-state index in [9.17, 15) is 4.79 Å². The molecule has 5 nitrogen and oxygen atoms in total. The fourth-order valence-electron chi connectivity index (χ4n) is 2.11. The van der Waals surface area contributed by atoms with E-state index in [0.717, 1.165) is 5.65 Å². The summed E-state index contributed by atoms with van der Waals surface area (Å²) in [5.74, 6) is 0.271. The number of amides is 1. The van der Waals surface area contributed by atoms with E-state index in [-0.39, 0.29) is 12.5 Å². The number of carbonyl (C=O) groups is 1. The number of aromatic nitrogens is 2. The first-order valence-corrected chi connectivity index (χ1v) is 7.69. The van der Waals surface area contributed by atoms with Crippen LogP contribution >= 0.6 is 23.2 Å². The molecule has 1 N–H and O–H groups in total. The van der Waals surface area contributed by atoms with Crippen LogP contribution in [0.1, 0.15) is 10.5 Å². The average molecular weight is 350 g/mol. The molecule has 0 aliphatic rings. The normalized spacial score (nSPS) is 10.7. The maximum atomic E-state index is 12.2. The molecule has 0 fully saturated rings. The zero-order valence-electron chi connectivity index (χ0n) is 12.0. The van der Waals surface area contributed by atoms with Crippen molar-refractivity contribution in [2.75, 3.05) is 13.2 Å². The summed E-state index contributed by atoms with van der Waals surface area (Å²) in [6, 6.07) is 10.7. The van der Waals surface area contributed by atoms with Crippen LogP contribution in [0.3, 0.4) is 0 Å². The number of hydrogen-bond acceptors (Lipinski definition) is 3. The largest absolute Gasteiger partial charge is 0.490 e. The summed E-state index contributed by atoms with van der Waals surface area (Å²) in [6.07, 6.45) is 3.33. The van der Waals surface area contributed by atoms with Crippen LogP contribution in [0.25, 0.3) is 5.65 Å². The van der Waals surface area contributed by atoms with E-state index in [1.165, 1.54) is 0 Å². The summed E-state index contributed by atoms with van der Waals surface area (Å²) in [5, 5.41) is 3.57. The van der Waals surface area contributed by atoms with E-state index in [2.05, 4.69) is 10.3 Å². The van der Waals surface area contributed by atoms with Gasteiger partial charge in [-0.25, -0.2) is 4.98 Å². The number of nitrogens with zero attached hydrogens (tertiary/aromatic N) is 2. The topological polar surface area (TPSA) is 55.6 Å². The average Bonchev–Trinajstić information content (AvgIpc) is 2.99. The standard InChI is InChI=1S/C16H13Cl2N3O2/c17-11-4-3-5-13(15(11)18)23-9-7-19-16(22)12-10-20-14-6-1-2-8-21(12)14/h1-6,8,10H,7,9H2,(H,19,22). The second-order valence-corrected chi connectivity index (χ2v) is 5.51. The molecular formula is C16H13Cl2N3O2. The first-order chi connectivity index (χ1) is 11.2. The van der Waals surface area contributed by atoms with Gasteiger partial charge in [-0.15, -0.1) is 0 Å². The number of hydrogen-bond donors (Lipinski definition) is 1. The lowest BCUT2D eigenvalue weighted by atomic mass is 10.3. The summed E-state index contributed by atoms with van der Waals surface area (Å²) in [7, 11) is 0. The molecule has 0 atom stereocenters. The van der Waals surface area contributed by atoms with Crippen LogP contribution in [0.4, 0.5) is 0 Å². The number of rotatable bonds is 5. The molecule has 2 aromatic heterocycles. The Hall–Kier alpha value is -2.24. The molecule has 2 heterocycles. The fourth-order valence-corrected chi connectivity index (χ4v) is 2.46. The van der Waals surface area contributed by atoms with Gasteiger partial charge in [-0.3, -0.25) is 9.20 Å². The Morgan fingerprint density at radius 3 is 2.96 bits per heavy atom. The highest BCUT2D eigenvalue weighted by Crippen LogP contribution is 2.31. The smallest absolute Gasteiger partial charge is 0.270 e. The quantitative estimate of drug-likeness (QED) is 0.717. The van der Waals surface area contributed by atoms with Gasteiger partial charge in [0.1, 0.15) is 28.7 Å². The number of halogens is 2. The Bertz CT molecular complexity index is 848. The molecule has 1 amide bonds. The van der Waals surface area contributed by atoms with Crippen molar-refractivity contribution in [1.82, 2.24) is 14.7 Å². The van der Waals surface area contributed by atoms with E-state index >= 15 is 0 Å². The van der Waals surface area contributed by atoms with Gasteiger partial charge in [-0.1, -0.05) is 35.3 Å². The van der Waals surface area contributed by atoms with E-state index in [1.54, 1.807) is 35.0 Å². The summed E-state index contributed by atoms with van der Waals surface area (Å²) < 4.78 is 7.25. The van der Waals surface area contributed by atoms with Gasteiger partial charge in [0.15, 0.2) is 0 Å². The number of nitrogens with one attached hydrogen (secondary N) is 1. The molecule has 1 aromatic carbocycles. The Morgan fingerprint density at radius 2 is 2.09 bits per heavy atom. The van der Waals surface area contributed by atoms with E-state index < -0.39 is 0 Å². The zero-order chi connectivity index (χ0) is 16.2. The van der Waals surface area contributed by atoms with Crippen molar-refractivity contribution in [2.45, 2.75) is 0 Å². The van der Waals surface area contributed by atoms with Gasteiger partial charge in [0.2, 0.25) is 0 Å². The highest BCUT2D eigenvalue weighted by atomic mass is 35.5. The Kier molecular flexibility index (Phi) is 4.69. The molecule has 0 radical (unpaired) electrons. The molecule has 23 heavy (non-hydrogen) atoms. The third kappa shape index (κ3) is 3.41. The summed E-state index contributed by atoms with van der Waals surface area (Å²) in [5.41, 5.74) is 1.20. The number of carbonyl (C=O) groups excluding carboxylic acids is 1. The minimum Gasteiger partial charge on any atom is -0.490 e. The lowest BCUT2D eigenvalue weighted by molar-refractivity contribution is 0.0941.